The molecule has 0 radical (unpaired) electrons. The van der Waals surface area contributed by atoms with E-state index in [1.165, 1.54) is 18.9 Å². The third-order valence-corrected chi connectivity index (χ3v) is 3.99. The summed E-state index contributed by atoms with van der Waals surface area (Å²) in [6.07, 6.45) is 6.10. The lowest BCUT2D eigenvalue weighted by Gasteiger charge is -2.32. The van der Waals surface area contributed by atoms with E-state index in [2.05, 4.69) is 5.32 Å². The summed E-state index contributed by atoms with van der Waals surface area (Å²) in [7, 11) is 0. The number of allylic oxidation sites excluding steroid dienone is 1. The molecule has 1 aliphatic carbocycles. The smallest absolute Gasteiger partial charge is 0.255 e. The highest BCUT2D eigenvalue weighted by molar-refractivity contribution is 5.84. The molecule has 2 N–H and O–H groups in total. The molecule has 2 rings (SSSR count). The highest BCUT2D eigenvalue weighted by Crippen LogP contribution is 2.28. The Hall–Kier alpha value is -1.36. The van der Waals surface area contributed by atoms with Crippen LogP contribution in [0.2, 0.25) is 0 Å². The fourth-order valence-electron chi connectivity index (χ4n) is 2.55. The number of hydrogen-bond donors (Lipinski definition) is 2. The van der Waals surface area contributed by atoms with Gasteiger partial charge in [0.25, 0.3) is 5.91 Å². The van der Waals surface area contributed by atoms with Crippen LogP contribution in [-0.4, -0.2) is 47.6 Å². The van der Waals surface area contributed by atoms with Crippen molar-refractivity contribution in [2.24, 2.45) is 11.8 Å². The molecule has 2 fully saturated rings. The molecule has 2 aliphatic rings. The van der Waals surface area contributed by atoms with Crippen molar-refractivity contribution in [3.63, 3.8) is 0 Å². The van der Waals surface area contributed by atoms with Crippen LogP contribution < -0.4 is 5.32 Å². The third kappa shape index (κ3) is 4.07. The molecule has 0 aromatic heterocycles. The van der Waals surface area contributed by atoms with Crippen LogP contribution in [0.25, 0.3) is 0 Å². The van der Waals surface area contributed by atoms with Gasteiger partial charge >= 0.3 is 0 Å². The minimum Gasteiger partial charge on any atom is -0.379 e. The van der Waals surface area contributed by atoms with Crippen LogP contribution in [0.5, 0.6) is 0 Å². The topological polar surface area (TPSA) is 69.6 Å². The van der Waals surface area contributed by atoms with Crippen molar-refractivity contribution in [1.82, 2.24) is 10.2 Å². The van der Waals surface area contributed by atoms with Crippen molar-refractivity contribution in [1.29, 1.82) is 0 Å². The normalized spacial score (nSPS) is 24.7. The maximum Gasteiger partial charge on any atom is 0.255 e. The van der Waals surface area contributed by atoms with E-state index in [1.807, 2.05) is 0 Å². The molecule has 2 amide bonds. The molecule has 2 unspecified atom stereocenters. The summed E-state index contributed by atoms with van der Waals surface area (Å²) in [4.78, 5) is 25.7. The summed E-state index contributed by atoms with van der Waals surface area (Å²) in [5.74, 6) is 0.277. The van der Waals surface area contributed by atoms with Gasteiger partial charge in [-0.15, -0.1) is 0 Å². The van der Waals surface area contributed by atoms with Crippen molar-refractivity contribution in [2.45, 2.75) is 38.7 Å². The molecule has 20 heavy (non-hydrogen) atoms. The van der Waals surface area contributed by atoms with E-state index >= 15 is 0 Å². The summed E-state index contributed by atoms with van der Waals surface area (Å²) >= 11 is 0. The zero-order chi connectivity index (χ0) is 14.5. The summed E-state index contributed by atoms with van der Waals surface area (Å²) in [6.45, 7) is 3.58. The molecular formula is C15H24N2O3. The number of hydrogen-bond acceptors (Lipinski definition) is 3. The van der Waals surface area contributed by atoms with Crippen LogP contribution in [0.3, 0.4) is 0 Å². The Morgan fingerprint density at radius 1 is 1.40 bits per heavy atom. The number of carbonyl (C=O) groups excluding carboxylic acids is 2. The monoisotopic (exact) mass is 280 g/mol. The first kappa shape index (κ1) is 15.0. The van der Waals surface area contributed by atoms with Gasteiger partial charge < -0.3 is 15.3 Å². The maximum atomic E-state index is 12.1. The molecule has 5 nitrogen and oxygen atoms in total. The van der Waals surface area contributed by atoms with E-state index in [0.29, 0.717) is 19.0 Å². The molecule has 0 aromatic rings. The van der Waals surface area contributed by atoms with Gasteiger partial charge in [-0.05, 0) is 38.5 Å². The Balaban J connectivity index is 1.83. The summed E-state index contributed by atoms with van der Waals surface area (Å²) in [5.41, 5.74) is 0. The molecule has 2 atom stereocenters. The summed E-state index contributed by atoms with van der Waals surface area (Å²) < 4.78 is 0. The van der Waals surface area contributed by atoms with Gasteiger partial charge in [-0.25, -0.2) is 0 Å². The predicted octanol–water partition coefficient (Wildman–Crippen LogP) is 0.688. The number of carbonyl (C=O) groups is 2. The Kier molecular flexibility index (Phi) is 5.17. The second-order valence-corrected chi connectivity index (χ2v) is 5.78. The van der Waals surface area contributed by atoms with Crippen molar-refractivity contribution in [3.8, 4) is 0 Å². The van der Waals surface area contributed by atoms with Gasteiger partial charge in [0.05, 0.1) is 5.92 Å². The molecule has 5 heteroatoms. The quantitative estimate of drug-likeness (QED) is 0.728. The minimum absolute atomic E-state index is 0.0509. The third-order valence-electron chi connectivity index (χ3n) is 3.99. The second kappa shape index (κ2) is 6.88. The number of nitrogens with zero attached hydrogens (tertiary/aromatic N) is 1. The fraction of sp³-hybridized carbons (Fsp3) is 0.733. The summed E-state index contributed by atoms with van der Waals surface area (Å²) in [6, 6.07) is 0. The zero-order valence-corrected chi connectivity index (χ0v) is 12.0. The van der Waals surface area contributed by atoms with Gasteiger partial charge in [0.2, 0.25) is 5.91 Å². The van der Waals surface area contributed by atoms with Crippen LogP contribution in [-0.2, 0) is 9.59 Å². The highest BCUT2D eigenvalue weighted by atomic mass is 16.3. The molecule has 1 heterocycles. The van der Waals surface area contributed by atoms with Crippen LogP contribution in [0.4, 0.5) is 0 Å². The maximum absolute atomic E-state index is 12.1. The molecule has 0 aromatic carbocycles. The van der Waals surface area contributed by atoms with Gasteiger partial charge in [-0.1, -0.05) is 12.2 Å². The molecule has 0 bridgehead atoms. The van der Waals surface area contributed by atoms with E-state index in [9.17, 15) is 14.7 Å². The number of aliphatic hydroxyl groups excluding tert-OH is 1. The molecular weight excluding hydrogens is 256 g/mol. The first-order valence-corrected chi connectivity index (χ1v) is 7.49. The Labute approximate surface area is 120 Å². The fourth-order valence-corrected chi connectivity index (χ4v) is 2.55. The van der Waals surface area contributed by atoms with Gasteiger partial charge in [0.15, 0.2) is 6.10 Å². The number of aliphatic hydroxyl groups is 1. The lowest BCUT2D eigenvalue weighted by molar-refractivity contribution is -0.141. The Bertz CT molecular complexity index is 391. The van der Waals surface area contributed by atoms with E-state index in [-0.39, 0.29) is 17.7 Å². The van der Waals surface area contributed by atoms with Crippen LogP contribution in [0.15, 0.2) is 12.2 Å². The number of likely N-dealkylation sites (tertiary alicyclic amines) is 1. The first-order chi connectivity index (χ1) is 9.61. The molecule has 112 valence electrons. The summed E-state index contributed by atoms with van der Waals surface area (Å²) in [5, 5.41) is 12.7. The molecule has 1 aliphatic heterocycles. The average Bonchev–Trinajstić information content (AvgIpc) is 3.28. The predicted molar refractivity (Wildman–Crippen MR) is 75.9 cm³/mol. The zero-order valence-electron chi connectivity index (χ0n) is 12.0. The number of piperidine rings is 1. The Morgan fingerprint density at radius 2 is 2.15 bits per heavy atom. The molecule has 1 saturated carbocycles. The van der Waals surface area contributed by atoms with E-state index in [4.69, 9.17) is 0 Å². The number of amides is 2. The van der Waals surface area contributed by atoms with Crippen molar-refractivity contribution >= 4 is 11.8 Å². The van der Waals surface area contributed by atoms with E-state index in [1.54, 1.807) is 17.9 Å². The van der Waals surface area contributed by atoms with Gasteiger partial charge in [-0.3, -0.25) is 9.59 Å². The largest absolute Gasteiger partial charge is 0.379 e. The van der Waals surface area contributed by atoms with Crippen molar-refractivity contribution in [2.75, 3.05) is 19.6 Å². The van der Waals surface area contributed by atoms with Crippen molar-refractivity contribution in [3.05, 3.63) is 12.2 Å². The van der Waals surface area contributed by atoms with Crippen LogP contribution >= 0.6 is 0 Å². The molecule has 1 saturated heterocycles. The SMILES string of the molecule is C/C=C/C(O)C(=O)N1CCCC(C(=O)NCC2CC2)C1. The Morgan fingerprint density at radius 3 is 2.80 bits per heavy atom. The molecule has 0 spiro atoms. The first-order valence-electron chi connectivity index (χ1n) is 7.49. The number of rotatable bonds is 5. The van der Waals surface area contributed by atoms with Gasteiger partial charge in [0, 0.05) is 19.6 Å². The second-order valence-electron chi connectivity index (χ2n) is 5.78. The highest BCUT2D eigenvalue weighted by Gasteiger charge is 2.31. The standard InChI is InChI=1S/C15H24N2O3/c1-2-4-13(18)15(20)17-8-3-5-12(10-17)14(19)16-9-11-6-7-11/h2,4,11-13,18H,3,5-10H2,1H3,(H,16,19)/b4-2+. The van der Waals surface area contributed by atoms with Gasteiger partial charge in [0.1, 0.15) is 0 Å². The number of nitrogens with one attached hydrogen (secondary N) is 1. The van der Waals surface area contributed by atoms with Gasteiger partial charge in [-0.2, -0.15) is 0 Å². The average molecular weight is 280 g/mol. The van der Waals surface area contributed by atoms with E-state index in [0.717, 1.165) is 19.4 Å². The van der Waals surface area contributed by atoms with E-state index < -0.39 is 6.10 Å². The van der Waals surface area contributed by atoms with Crippen molar-refractivity contribution < 1.29 is 14.7 Å². The lowest BCUT2D eigenvalue weighted by atomic mass is 9.96. The van der Waals surface area contributed by atoms with Crippen LogP contribution in [0.1, 0.15) is 32.6 Å². The van der Waals surface area contributed by atoms with Crippen LogP contribution in [0, 0.1) is 11.8 Å². The lowest BCUT2D eigenvalue weighted by Crippen LogP contribution is -2.48. The minimum atomic E-state index is -1.09.